The van der Waals surface area contributed by atoms with Crippen LogP contribution in [0.1, 0.15) is 62.5 Å². The third kappa shape index (κ3) is 4.09. The van der Waals surface area contributed by atoms with Crippen molar-refractivity contribution in [1.82, 2.24) is 10.3 Å². The Hall–Kier alpha value is -1.30. The molecule has 1 aliphatic carbocycles. The number of nitrogens with two attached hydrogens (primary N) is 1. The van der Waals surface area contributed by atoms with E-state index in [-0.39, 0.29) is 18.0 Å². The van der Waals surface area contributed by atoms with Gasteiger partial charge in [-0.1, -0.05) is 37.5 Å². The molecule has 2 atom stereocenters. The Morgan fingerprint density at radius 1 is 1.43 bits per heavy atom. The molecule has 2 rings (SSSR count). The van der Waals surface area contributed by atoms with Crippen molar-refractivity contribution in [2.45, 2.75) is 65.0 Å². The predicted molar refractivity (Wildman–Crippen MR) is 88.8 cm³/mol. The van der Waals surface area contributed by atoms with Crippen LogP contribution in [0.3, 0.4) is 0 Å². The number of thiazole rings is 1. The van der Waals surface area contributed by atoms with Gasteiger partial charge in [-0.05, 0) is 32.6 Å². The van der Waals surface area contributed by atoms with E-state index in [4.69, 9.17) is 5.73 Å². The normalized spacial score (nSPS) is 22.3. The van der Waals surface area contributed by atoms with Crippen LogP contribution in [-0.2, 0) is 0 Å². The Morgan fingerprint density at radius 3 is 2.81 bits per heavy atom. The van der Waals surface area contributed by atoms with E-state index in [0.717, 1.165) is 12.8 Å². The molecule has 1 aliphatic rings. The van der Waals surface area contributed by atoms with Gasteiger partial charge in [0.05, 0.1) is 0 Å². The minimum absolute atomic E-state index is 0.0767. The number of rotatable bonds is 5. The number of nitrogens with one attached hydrogen (secondary N) is 2. The predicted octanol–water partition coefficient (Wildman–Crippen LogP) is 3.24. The number of hydrogen-bond donors (Lipinski definition) is 3. The van der Waals surface area contributed by atoms with Gasteiger partial charge in [-0.25, -0.2) is 4.98 Å². The summed E-state index contributed by atoms with van der Waals surface area (Å²) in [4.78, 5) is 17.2. The van der Waals surface area contributed by atoms with Gasteiger partial charge in [0.15, 0.2) is 5.13 Å². The molecule has 118 valence electrons. The topological polar surface area (TPSA) is 80.0 Å². The Bertz CT molecular complexity index is 486. The van der Waals surface area contributed by atoms with Gasteiger partial charge >= 0.3 is 0 Å². The summed E-state index contributed by atoms with van der Waals surface area (Å²) in [6.07, 6.45) is 5.86. The SMILES string of the molecule is CCC1CCCCC1NC(=O)c1sc(NC(C)C)nc1N. The van der Waals surface area contributed by atoms with Crippen LogP contribution in [0.5, 0.6) is 0 Å². The zero-order valence-electron chi connectivity index (χ0n) is 13.1. The molecule has 2 unspecified atom stereocenters. The van der Waals surface area contributed by atoms with E-state index >= 15 is 0 Å². The van der Waals surface area contributed by atoms with E-state index in [0.29, 0.717) is 21.7 Å². The highest BCUT2D eigenvalue weighted by Crippen LogP contribution is 2.29. The van der Waals surface area contributed by atoms with Crippen LogP contribution in [0.2, 0.25) is 0 Å². The summed E-state index contributed by atoms with van der Waals surface area (Å²) in [5, 5.41) is 7.07. The van der Waals surface area contributed by atoms with Gasteiger partial charge < -0.3 is 16.4 Å². The van der Waals surface area contributed by atoms with Crippen LogP contribution in [0.15, 0.2) is 0 Å². The summed E-state index contributed by atoms with van der Waals surface area (Å²) >= 11 is 1.33. The second kappa shape index (κ2) is 7.11. The minimum atomic E-state index is -0.0767. The smallest absolute Gasteiger partial charge is 0.265 e. The van der Waals surface area contributed by atoms with Crippen LogP contribution in [0.4, 0.5) is 10.9 Å². The zero-order valence-corrected chi connectivity index (χ0v) is 13.9. The number of carbonyl (C=O) groups excluding carboxylic acids is 1. The van der Waals surface area contributed by atoms with E-state index in [2.05, 4.69) is 22.5 Å². The van der Waals surface area contributed by atoms with Gasteiger partial charge in [-0.15, -0.1) is 0 Å². The number of amides is 1. The highest BCUT2D eigenvalue weighted by Gasteiger charge is 2.27. The average Bonchev–Trinajstić information content (AvgIpc) is 2.79. The van der Waals surface area contributed by atoms with Gasteiger partial charge in [0.25, 0.3) is 5.91 Å². The first-order valence-electron chi connectivity index (χ1n) is 7.85. The fraction of sp³-hybridized carbons (Fsp3) is 0.733. The maximum Gasteiger partial charge on any atom is 0.265 e. The summed E-state index contributed by atoms with van der Waals surface area (Å²) in [7, 11) is 0. The Morgan fingerprint density at radius 2 is 2.14 bits per heavy atom. The minimum Gasteiger partial charge on any atom is -0.382 e. The maximum absolute atomic E-state index is 12.4. The molecule has 1 aromatic heterocycles. The lowest BCUT2D eigenvalue weighted by atomic mass is 9.83. The number of hydrogen-bond acceptors (Lipinski definition) is 5. The fourth-order valence-corrected chi connectivity index (χ4v) is 3.86. The summed E-state index contributed by atoms with van der Waals surface area (Å²) < 4.78 is 0. The van der Waals surface area contributed by atoms with Gasteiger partial charge in [-0.3, -0.25) is 4.79 Å². The number of nitrogen functional groups attached to an aromatic ring is 1. The van der Waals surface area contributed by atoms with E-state index in [9.17, 15) is 4.79 Å². The van der Waals surface area contributed by atoms with E-state index in [1.54, 1.807) is 0 Å². The number of anilines is 2. The number of aromatic nitrogens is 1. The zero-order chi connectivity index (χ0) is 15.4. The quantitative estimate of drug-likeness (QED) is 0.780. The molecule has 1 aromatic rings. The Kier molecular flexibility index (Phi) is 5.45. The highest BCUT2D eigenvalue weighted by molar-refractivity contribution is 7.18. The Labute approximate surface area is 130 Å². The molecule has 1 heterocycles. The summed E-state index contributed by atoms with van der Waals surface area (Å²) in [5.41, 5.74) is 5.89. The molecule has 0 spiro atoms. The van der Waals surface area contributed by atoms with Crippen molar-refractivity contribution >= 4 is 28.2 Å². The fourth-order valence-electron chi connectivity index (χ4n) is 2.92. The van der Waals surface area contributed by atoms with E-state index in [1.165, 1.54) is 30.6 Å². The number of carbonyl (C=O) groups is 1. The van der Waals surface area contributed by atoms with E-state index < -0.39 is 0 Å². The first kappa shape index (κ1) is 16.1. The molecule has 0 aliphatic heterocycles. The van der Waals surface area contributed by atoms with Gasteiger partial charge in [0, 0.05) is 12.1 Å². The molecule has 0 radical (unpaired) electrons. The van der Waals surface area contributed by atoms with Crippen LogP contribution in [0, 0.1) is 5.92 Å². The third-order valence-corrected chi connectivity index (χ3v) is 5.02. The van der Waals surface area contributed by atoms with Gasteiger partial charge in [0.1, 0.15) is 10.7 Å². The summed E-state index contributed by atoms with van der Waals surface area (Å²) in [5.74, 6) is 0.835. The lowest BCUT2D eigenvalue weighted by molar-refractivity contribution is 0.0909. The molecule has 1 fully saturated rings. The van der Waals surface area contributed by atoms with Crippen molar-refractivity contribution in [1.29, 1.82) is 0 Å². The molecule has 1 saturated carbocycles. The van der Waals surface area contributed by atoms with Gasteiger partial charge in [0.2, 0.25) is 0 Å². The molecule has 4 N–H and O–H groups in total. The van der Waals surface area contributed by atoms with Crippen molar-refractivity contribution in [2.24, 2.45) is 5.92 Å². The monoisotopic (exact) mass is 310 g/mol. The molecule has 21 heavy (non-hydrogen) atoms. The van der Waals surface area contributed by atoms with Crippen LogP contribution in [-0.4, -0.2) is 23.0 Å². The van der Waals surface area contributed by atoms with Crippen molar-refractivity contribution < 1.29 is 4.79 Å². The highest BCUT2D eigenvalue weighted by atomic mass is 32.1. The molecule has 5 nitrogen and oxygen atoms in total. The first-order chi connectivity index (χ1) is 10.0. The van der Waals surface area contributed by atoms with E-state index in [1.807, 2.05) is 13.8 Å². The molecule has 0 bridgehead atoms. The number of nitrogens with zero attached hydrogens (tertiary/aromatic N) is 1. The largest absolute Gasteiger partial charge is 0.382 e. The van der Waals surface area contributed by atoms with Crippen LogP contribution in [0.25, 0.3) is 0 Å². The summed E-state index contributed by atoms with van der Waals surface area (Å²) in [6, 6.07) is 0.550. The standard InChI is InChI=1S/C15H26N4OS/c1-4-10-7-5-6-8-11(10)18-14(20)12-13(16)19-15(21-12)17-9(2)3/h9-11H,4-8,16H2,1-3H3,(H,17,19)(H,18,20). The van der Waals surface area contributed by atoms with Crippen molar-refractivity contribution in [3.05, 3.63) is 4.88 Å². The molecule has 6 heteroatoms. The first-order valence-corrected chi connectivity index (χ1v) is 8.66. The summed E-state index contributed by atoms with van der Waals surface area (Å²) in [6.45, 7) is 6.26. The Balaban J connectivity index is 2.04. The van der Waals surface area contributed by atoms with Crippen LogP contribution < -0.4 is 16.4 Å². The molecular formula is C15H26N4OS. The lowest BCUT2D eigenvalue weighted by Gasteiger charge is -2.31. The molecule has 1 amide bonds. The molecular weight excluding hydrogens is 284 g/mol. The van der Waals surface area contributed by atoms with Crippen molar-refractivity contribution in [3.8, 4) is 0 Å². The van der Waals surface area contributed by atoms with Crippen LogP contribution >= 0.6 is 11.3 Å². The lowest BCUT2D eigenvalue weighted by Crippen LogP contribution is -2.41. The van der Waals surface area contributed by atoms with Gasteiger partial charge in [-0.2, -0.15) is 0 Å². The second-order valence-electron chi connectivity index (χ2n) is 6.07. The van der Waals surface area contributed by atoms with Crippen molar-refractivity contribution in [2.75, 3.05) is 11.1 Å². The third-order valence-electron chi connectivity index (χ3n) is 4.02. The molecule has 0 saturated heterocycles. The second-order valence-corrected chi connectivity index (χ2v) is 7.06. The van der Waals surface area contributed by atoms with Crippen molar-refractivity contribution in [3.63, 3.8) is 0 Å². The average molecular weight is 310 g/mol. The molecule has 0 aromatic carbocycles. The maximum atomic E-state index is 12.4.